The first kappa shape index (κ1) is 25.2. The summed E-state index contributed by atoms with van der Waals surface area (Å²) in [5.41, 5.74) is 0.787. The molecule has 6 nitrogen and oxygen atoms in total. The Morgan fingerprint density at radius 1 is 1.48 bits per heavy atom. The second kappa shape index (κ2) is 14.3. The van der Waals surface area contributed by atoms with Gasteiger partial charge < -0.3 is 9.52 Å². The van der Waals surface area contributed by atoms with E-state index in [4.69, 9.17) is 20.7 Å². The van der Waals surface area contributed by atoms with E-state index in [2.05, 4.69) is 9.71 Å². The Morgan fingerprint density at radius 3 is 2.70 bits per heavy atom. The molecule has 8 heteroatoms. The van der Waals surface area contributed by atoms with Gasteiger partial charge in [0.2, 0.25) is 0 Å². The molecule has 1 rings (SSSR count). The van der Waals surface area contributed by atoms with E-state index in [1.54, 1.807) is 18.3 Å². The molecule has 0 aliphatic rings. The summed E-state index contributed by atoms with van der Waals surface area (Å²) in [5, 5.41) is 10.1. The van der Waals surface area contributed by atoms with Crippen LogP contribution in [0, 0.1) is 0 Å². The largest absolute Gasteiger partial charge is 0.481 e. The number of rotatable bonds is 11. The van der Waals surface area contributed by atoms with Gasteiger partial charge in [-0.1, -0.05) is 45.1 Å². The molecule has 27 heavy (non-hydrogen) atoms. The number of hydrogen-bond donors (Lipinski definition) is 2. The van der Waals surface area contributed by atoms with Gasteiger partial charge in [0.1, 0.15) is 8.68 Å². The maximum absolute atomic E-state index is 12.5. The number of nitrogens with zero attached hydrogens (tertiary/aromatic N) is 1. The molecular formula is C19H30N2O4S2. The summed E-state index contributed by atoms with van der Waals surface area (Å²) in [5.74, 6) is -0.227. The third-order valence-corrected chi connectivity index (χ3v) is 5.16. The second-order valence-corrected chi connectivity index (χ2v) is 8.45. The fourth-order valence-electron chi connectivity index (χ4n) is 2.12. The van der Waals surface area contributed by atoms with Crippen LogP contribution in [0.25, 0.3) is 5.57 Å². The van der Waals surface area contributed by atoms with Crippen LogP contribution in [-0.2, 0) is 24.7 Å². The fraction of sp³-hybridized carbons (Fsp3) is 0.474. The van der Waals surface area contributed by atoms with Gasteiger partial charge in [0.25, 0.3) is 0 Å². The van der Waals surface area contributed by atoms with Crippen molar-refractivity contribution in [2.24, 2.45) is 0 Å². The number of carboxylic acid groups (broad SMARTS) is 1. The van der Waals surface area contributed by atoms with Crippen LogP contribution in [0.15, 0.2) is 46.7 Å². The first-order valence-electron chi connectivity index (χ1n) is 9.02. The molecule has 152 valence electrons. The molecular weight excluding hydrogens is 384 g/mol. The summed E-state index contributed by atoms with van der Waals surface area (Å²) >= 11 is 5.14. The first-order chi connectivity index (χ1) is 12.9. The SMILES string of the molecule is CC.C\C=C/C(=C\C=C\S(=O)(=S)N[C@H](CC)CCCC(=O)O)c1cnco1. The van der Waals surface area contributed by atoms with E-state index >= 15 is 0 Å². The van der Waals surface area contributed by atoms with Gasteiger partial charge in [0.15, 0.2) is 12.2 Å². The minimum absolute atomic E-state index is 0.0812. The van der Waals surface area contributed by atoms with Crippen molar-refractivity contribution in [3.63, 3.8) is 0 Å². The molecule has 0 spiro atoms. The van der Waals surface area contributed by atoms with E-state index < -0.39 is 14.6 Å². The fourth-order valence-corrected chi connectivity index (χ4v) is 3.84. The molecule has 1 aromatic heterocycles. The Hall–Kier alpha value is -1.77. The van der Waals surface area contributed by atoms with Gasteiger partial charge in [0.05, 0.1) is 6.20 Å². The van der Waals surface area contributed by atoms with E-state index in [9.17, 15) is 9.00 Å². The summed E-state index contributed by atoms with van der Waals surface area (Å²) < 4.78 is 20.7. The lowest BCUT2D eigenvalue weighted by Crippen LogP contribution is -2.32. The quantitative estimate of drug-likeness (QED) is 0.519. The topological polar surface area (TPSA) is 92.4 Å². The molecule has 2 N–H and O–H groups in total. The first-order valence-corrected chi connectivity index (χ1v) is 11.6. The molecule has 1 unspecified atom stereocenters. The maximum atomic E-state index is 12.5. The Labute approximate surface area is 167 Å². The zero-order valence-electron chi connectivity index (χ0n) is 16.4. The monoisotopic (exact) mass is 414 g/mol. The van der Waals surface area contributed by atoms with Gasteiger partial charge in [0, 0.05) is 34.6 Å². The second-order valence-electron chi connectivity index (χ2n) is 5.37. The van der Waals surface area contributed by atoms with E-state index in [-0.39, 0.29) is 12.5 Å². The summed E-state index contributed by atoms with van der Waals surface area (Å²) in [4.78, 5) is 14.5. The molecule has 0 saturated carbocycles. The van der Waals surface area contributed by atoms with E-state index in [0.717, 1.165) is 12.0 Å². The lowest BCUT2D eigenvalue weighted by Gasteiger charge is -2.16. The standard InChI is InChI=1S/C17H24N2O4S2.C2H6/c1-3-7-14(16-12-18-13-23-16)8-6-11-25(22,24)19-15(4-2)9-5-10-17(20)21;1-2/h3,6-8,11-13,15,19H,4-5,9-10H2,1-2H3,(H,20,21);1-2H3/b7-3-,11-6+,14-8+;/t15-,25?;/m1./s1. The normalized spacial score (nSPS) is 15.3. The predicted molar refractivity (Wildman–Crippen MR) is 114 cm³/mol. The highest BCUT2D eigenvalue weighted by molar-refractivity contribution is 8.33. The Morgan fingerprint density at radius 2 is 2.19 bits per heavy atom. The van der Waals surface area contributed by atoms with Gasteiger partial charge in [-0.05, 0) is 26.2 Å². The summed E-state index contributed by atoms with van der Waals surface area (Å²) in [7, 11) is -2.78. The summed E-state index contributed by atoms with van der Waals surface area (Å²) in [6.45, 7) is 7.83. The molecule has 0 aromatic carbocycles. The van der Waals surface area contributed by atoms with Crippen molar-refractivity contribution in [2.75, 3.05) is 0 Å². The van der Waals surface area contributed by atoms with Crippen LogP contribution in [0.4, 0.5) is 0 Å². The maximum Gasteiger partial charge on any atom is 0.303 e. The van der Waals surface area contributed by atoms with E-state index in [0.29, 0.717) is 18.6 Å². The number of nitrogens with one attached hydrogen (secondary N) is 1. The number of aliphatic carboxylic acids is 1. The van der Waals surface area contributed by atoms with Crippen molar-refractivity contribution in [2.45, 2.75) is 59.4 Å². The van der Waals surface area contributed by atoms with Gasteiger partial charge in [-0.15, -0.1) is 0 Å². The molecule has 0 aliphatic carbocycles. The van der Waals surface area contributed by atoms with Crippen LogP contribution < -0.4 is 4.72 Å². The zero-order chi connectivity index (χ0) is 20.7. The third-order valence-electron chi connectivity index (χ3n) is 3.36. The van der Waals surface area contributed by atoms with Crippen LogP contribution in [0.5, 0.6) is 0 Å². The van der Waals surface area contributed by atoms with Gasteiger partial charge in [-0.25, -0.2) is 13.9 Å². The minimum Gasteiger partial charge on any atom is -0.481 e. The molecule has 0 radical (unpaired) electrons. The Kier molecular flexibility index (Phi) is 13.4. The predicted octanol–water partition coefficient (Wildman–Crippen LogP) is 4.46. The van der Waals surface area contributed by atoms with Gasteiger partial charge in [-0.2, -0.15) is 0 Å². The van der Waals surface area contributed by atoms with E-state index in [1.165, 1.54) is 11.8 Å². The Bertz CT molecular complexity index is 721. The van der Waals surface area contributed by atoms with Gasteiger partial charge in [-0.3, -0.25) is 4.79 Å². The number of carbonyl (C=O) groups is 1. The lowest BCUT2D eigenvalue weighted by molar-refractivity contribution is -0.137. The zero-order valence-corrected chi connectivity index (χ0v) is 18.0. The smallest absolute Gasteiger partial charge is 0.303 e. The number of allylic oxidation sites excluding steroid dienone is 5. The summed E-state index contributed by atoms with van der Waals surface area (Å²) in [6, 6.07) is -0.0812. The van der Waals surface area contributed by atoms with Crippen LogP contribution >= 0.6 is 0 Å². The minimum atomic E-state index is -2.78. The van der Waals surface area contributed by atoms with E-state index in [1.807, 2.05) is 39.8 Å². The van der Waals surface area contributed by atoms with Crippen LogP contribution in [-0.4, -0.2) is 26.3 Å². The molecule has 0 aliphatic heterocycles. The summed E-state index contributed by atoms with van der Waals surface area (Å²) in [6.07, 6.45) is 12.0. The number of aromatic nitrogens is 1. The molecule has 0 saturated heterocycles. The average Bonchev–Trinajstić information content (AvgIpc) is 3.16. The average molecular weight is 415 g/mol. The third kappa shape index (κ3) is 11.5. The highest BCUT2D eigenvalue weighted by Crippen LogP contribution is 2.15. The van der Waals surface area contributed by atoms with Crippen molar-refractivity contribution < 1.29 is 18.5 Å². The molecule has 0 amide bonds. The molecule has 1 heterocycles. The number of oxazole rings is 1. The highest BCUT2D eigenvalue weighted by Gasteiger charge is 2.12. The van der Waals surface area contributed by atoms with Crippen LogP contribution in [0.3, 0.4) is 0 Å². The molecule has 2 atom stereocenters. The van der Waals surface area contributed by atoms with Crippen molar-refractivity contribution in [3.05, 3.63) is 48.1 Å². The highest BCUT2D eigenvalue weighted by atomic mass is 32.8. The van der Waals surface area contributed by atoms with Crippen molar-refractivity contribution >= 4 is 31.4 Å². The van der Waals surface area contributed by atoms with Crippen LogP contribution in [0.1, 0.15) is 59.1 Å². The van der Waals surface area contributed by atoms with Crippen molar-refractivity contribution in [1.29, 1.82) is 0 Å². The van der Waals surface area contributed by atoms with Crippen LogP contribution in [0.2, 0.25) is 0 Å². The number of hydrogen-bond acceptors (Lipinski definition) is 5. The molecule has 0 bridgehead atoms. The van der Waals surface area contributed by atoms with Crippen molar-refractivity contribution in [3.8, 4) is 0 Å². The molecule has 0 fully saturated rings. The Balaban J connectivity index is 0.00000326. The molecule has 1 aromatic rings. The van der Waals surface area contributed by atoms with Crippen molar-refractivity contribution in [1.82, 2.24) is 9.71 Å². The lowest BCUT2D eigenvalue weighted by atomic mass is 10.1. The number of carboxylic acids is 1. The van der Waals surface area contributed by atoms with Gasteiger partial charge >= 0.3 is 5.97 Å².